The number of aryl methyl sites for hydroxylation is 1. The fraction of sp³-hybridized carbons (Fsp3) is 0.118. The fourth-order valence-electron chi connectivity index (χ4n) is 2.05. The smallest absolute Gasteiger partial charge is 0.221 e. The minimum atomic E-state index is -0.0817. The molecule has 0 radical (unpaired) electrons. The molecule has 3 rings (SSSR count). The average Bonchev–Trinajstić information content (AvgIpc) is 3.17. The molecular formula is C17H16N4OS2. The van der Waals surface area contributed by atoms with Crippen LogP contribution in [0.4, 0.5) is 10.8 Å². The second kappa shape index (κ2) is 7.37. The Kier molecular flexibility index (Phi) is 5.02. The van der Waals surface area contributed by atoms with Gasteiger partial charge in [0.05, 0.1) is 11.9 Å². The number of nitrogens with zero attached hydrogens (tertiary/aromatic N) is 2. The van der Waals surface area contributed by atoms with Gasteiger partial charge >= 0.3 is 0 Å². The van der Waals surface area contributed by atoms with Gasteiger partial charge in [-0.2, -0.15) is 5.10 Å². The Morgan fingerprint density at radius 2 is 2.00 bits per heavy atom. The van der Waals surface area contributed by atoms with Gasteiger partial charge < -0.3 is 5.32 Å². The molecule has 2 aromatic heterocycles. The van der Waals surface area contributed by atoms with E-state index in [9.17, 15) is 4.79 Å². The Morgan fingerprint density at radius 3 is 2.67 bits per heavy atom. The summed E-state index contributed by atoms with van der Waals surface area (Å²) in [5.41, 5.74) is 6.82. The second-order valence-corrected chi connectivity index (χ2v) is 6.94. The van der Waals surface area contributed by atoms with E-state index in [-0.39, 0.29) is 5.91 Å². The third-order valence-electron chi connectivity index (χ3n) is 3.25. The van der Waals surface area contributed by atoms with Crippen LogP contribution in [0.25, 0.3) is 11.3 Å². The van der Waals surface area contributed by atoms with Crippen molar-refractivity contribution in [2.24, 2.45) is 5.10 Å². The molecule has 0 spiro atoms. The maximum atomic E-state index is 11.0. The van der Waals surface area contributed by atoms with Crippen molar-refractivity contribution >= 4 is 45.6 Å². The van der Waals surface area contributed by atoms with Gasteiger partial charge in [0.1, 0.15) is 0 Å². The Balaban J connectivity index is 1.66. The van der Waals surface area contributed by atoms with Crippen LogP contribution in [-0.4, -0.2) is 17.1 Å². The van der Waals surface area contributed by atoms with Crippen LogP contribution in [0.3, 0.4) is 0 Å². The molecule has 3 aromatic rings. The van der Waals surface area contributed by atoms with E-state index in [4.69, 9.17) is 0 Å². The highest BCUT2D eigenvalue weighted by Crippen LogP contribution is 2.26. The molecule has 0 atom stereocenters. The monoisotopic (exact) mass is 356 g/mol. The summed E-state index contributed by atoms with van der Waals surface area (Å²) >= 11 is 3.15. The first-order chi connectivity index (χ1) is 11.6. The van der Waals surface area contributed by atoms with Crippen molar-refractivity contribution < 1.29 is 4.79 Å². The zero-order chi connectivity index (χ0) is 16.9. The molecular weight excluding hydrogens is 340 g/mol. The van der Waals surface area contributed by atoms with E-state index in [1.54, 1.807) is 11.3 Å². The van der Waals surface area contributed by atoms with Crippen LogP contribution in [0.2, 0.25) is 0 Å². The van der Waals surface area contributed by atoms with Crippen molar-refractivity contribution in [3.63, 3.8) is 0 Å². The number of thiophene rings is 1. The van der Waals surface area contributed by atoms with Gasteiger partial charge in [0.25, 0.3) is 0 Å². The summed E-state index contributed by atoms with van der Waals surface area (Å²) in [6.45, 7) is 3.55. The number of rotatable bonds is 5. The molecule has 1 aromatic carbocycles. The number of anilines is 2. The molecule has 24 heavy (non-hydrogen) atoms. The highest BCUT2D eigenvalue weighted by atomic mass is 32.1. The molecule has 7 heteroatoms. The number of carbonyl (C=O) groups is 1. The van der Waals surface area contributed by atoms with Gasteiger partial charge in [0, 0.05) is 28.4 Å². The first kappa shape index (κ1) is 16.4. The lowest BCUT2D eigenvalue weighted by molar-refractivity contribution is -0.114. The Morgan fingerprint density at radius 1 is 1.21 bits per heavy atom. The molecule has 0 aliphatic heterocycles. The number of hydrazone groups is 1. The molecule has 1 amide bonds. The van der Waals surface area contributed by atoms with Gasteiger partial charge in [0.15, 0.2) is 0 Å². The number of aromatic nitrogens is 1. The summed E-state index contributed by atoms with van der Waals surface area (Å²) in [4.78, 5) is 16.7. The Hall–Kier alpha value is -2.51. The number of hydrogen-bond acceptors (Lipinski definition) is 6. The van der Waals surface area contributed by atoms with E-state index >= 15 is 0 Å². The van der Waals surface area contributed by atoms with Crippen LogP contribution in [0.5, 0.6) is 0 Å². The fourth-order valence-corrected chi connectivity index (χ4v) is 3.50. The second-order valence-electron chi connectivity index (χ2n) is 5.13. The summed E-state index contributed by atoms with van der Waals surface area (Å²) in [5, 5.41) is 11.7. The lowest BCUT2D eigenvalue weighted by Gasteiger charge is -2.02. The van der Waals surface area contributed by atoms with Crippen molar-refractivity contribution in [2.45, 2.75) is 13.8 Å². The quantitative estimate of drug-likeness (QED) is 0.519. The molecule has 2 N–H and O–H groups in total. The van der Waals surface area contributed by atoms with Gasteiger partial charge in [-0.1, -0.05) is 12.1 Å². The van der Waals surface area contributed by atoms with E-state index in [0.29, 0.717) is 0 Å². The molecule has 0 fully saturated rings. The Labute approximate surface area is 148 Å². The molecule has 0 bridgehead atoms. The topological polar surface area (TPSA) is 66.4 Å². The number of hydrogen-bond donors (Lipinski definition) is 2. The Bertz CT molecular complexity index is 865. The van der Waals surface area contributed by atoms with E-state index in [1.165, 1.54) is 23.8 Å². The van der Waals surface area contributed by atoms with Crippen LogP contribution < -0.4 is 10.7 Å². The predicted octanol–water partition coefficient (Wildman–Crippen LogP) is 4.58. The van der Waals surface area contributed by atoms with Crippen LogP contribution in [0.1, 0.15) is 17.4 Å². The lowest BCUT2D eigenvalue weighted by atomic mass is 10.1. The molecule has 122 valence electrons. The molecule has 0 unspecified atom stereocenters. The SMILES string of the molecule is CC(=O)Nc1ccc(-c2csc(N/N=C\c3sccc3C)n2)cc1. The maximum Gasteiger partial charge on any atom is 0.221 e. The first-order valence-electron chi connectivity index (χ1n) is 7.28. The van der Waals surface area contributed by atoms with E-state index in [0.717, 1.165) is 27.0 Å². The lowest BCUT2D eigenvalue weighted by Crippen LogP contribution is -2.05. The molecule has 2 heterocycles. The highest BCUT2D eigenvalue weighted by molar-refractivity contribution is 7.14. The number of amides is 1. The minimum absolute atomic E-state index is 0.0817. The molecule has 0 aliphatic carbocycles. The van der Waals surface area contributed by atoms with Crippen molar-refractivity contribution in [1.29, 1.82) is 0 Å². The number of thiazole rings is 1. The summed E-state index contributed by atoms with van der Waals surface area (Å²) in [6, 6.07) is 9.66. The summed E-state index contributed by atoms with van der Waals surface area (Å²) in [7, 11) is 0. The standard InChI is InChI=1S/C17H16N4OS2/c1-11-7-8-23-16(11)9-18-21-17-20-15(10-24-17)13-3-5-14(6-4-13)19-12(2)22/h3-10H,1-2H3,(H,19,22)(H,20,21)/b18-9-. The average molecular weight is 356 g/mol. The third kappa shape index (κ3) is 4.06. The van der Waals surface area contributed by atoms with E-state index in [1.807, 2.05) is 41.2 Å². The molecule has 0 saturated carbocycles. The van der Waals surface area contributed by atoms with Gasteiger partial charge in [-0.25, -0.2) is 4.98 Å². The molecule has 5 nitrogen and oxygen atoms in total. The van der Waals surface area contributed by atoms with Crippen LogP contribution in [0, 0.1) is 6.92 Å². The first-order valence-corrected chi connectivity index (χ1v) is 9.04. The zero-order valence-electron chi connectivity index (χ0n) is 13.2. The van der Waals surface area contributed by atoms with Crippen molar-refractivity contribution in [3.8, 4) is 11.3 Å². The van der Waals surface area contributed by atoms with Gasteiger partial charge in [-0.3, -0.25) is 10.2 Å². The highest BCUT2D eigenvalue weighted by Gasteiger charge is 2.04. The number of benzene rings is 1. The van der Waals surface area contributed by atoms with Crippen molar-refractivity contribution in [2.75, 3.05) is 10.7 Å². The number of nitrogens with one attached hydrogen (secondary N) is 2. The van der Waals surface area contributed by atoms with Crippen LogP contribution >= 0.6 is 22.7 Å². The van der Waals surface area contributed by atoms with Gasteiger partial charge in [-0.15, -0.1) is 22.7 Å². The molecule has 0 aliphatic rings. The molecule has 0 saturated heterocycles. The van der Waals surface area contributed by atoms with Gasteiger partial charge in [-0.05, 0) is 36.1 Å². The maximum absolute atomic E-state index is 11.0. The normalized spacial score (nSPS) is 10.9. The van der Waals surface area contributed by atoms with E-state index in [2.05, 4.69) is 33.8 Å². The van der Waals surface area contributed by atoms with Crippen LogP contribution in [0.15, 0.2) is 46.2 Å². The summed E-state index contributed by atoms with van der Waals surface area (Å²) in [5.74, 6) is -0.0817. The van der Waals surface area contributed by atoms with Gasteiger partial charge in [0.2, 0.25) is 11.0 Å². The number of carbonyl (C=O) groups excluding carboxylic acids is 1. The van der Waals surface area contributed by atoms with Crippen molar-refractivity contribution in [1.82, 2.24) is 4.98 Å². The third-order valence-corrected chi connectivity index (χ3v) is 4.95. The van der Waals surface area contributed by atoms with Crippen molar-refractivity contribution in [3.05, 3.63) is 51.5 Å². The summed E-state index contributed by atoms with van der Waals surface area (Å²) < 4.78 is 0. The summed E-state index contributed by atoms with van der Waals surface area (Å²) in [6.07, 6.45) is 1.81. The van der Waals surface area contributed by atoms with E-state index < -0.39 is 0 Å². The van der Waals surface area contributed by atoms with Crippen LogP contribution in [-0.2, 0) is 4.79 Å². The zero-order valence-corrected chi connectivity index (χ0v) is 14.9. The predicted molar refractivity (Wildman–Crippen MR) is 102 cm³/mol. The largest absolute Gasteiger partial charge is 0.326 e. The minimum Gasteiger partial charge on any atom is -0.326 e.